The Balaban J connectivity index is 1.30. The minimum Gasteiger partial charge on any atom is -0.310 e. The molecule has 0 saturated heterocycles. The highest BCUT2D eigenvalue weighted by Crippen LogP contribution is 2.57. The van der Waals surface area contributed by atoms with Crippen molar-refractivity contribution in [2.45, 2.75) is 57.8 Å². The summed E-state index contributed by atoms with van der Waals surface area (Å²) < 4.78 is 17.0. The zero-order valence-electron chi connectivity index (χ0n) is 28.2. The predicted octanol–water partition coefficient (Wildman–Crippen LogP) is 12.0. The molecule has 3 aliphatic rings. The number of rotatable bonds is 3. The van der Waals surface area contributed by atoms with Crippen LogP contribution in [-0.4, -0.2) is 4.57 Å². The fourth-order valence-electron chi connectivity index (χ4n) is 9.46. The Kier molecular flexibility index (Phi) is 5.14. The fourth-order valence-corrected chi connectivity index (χ4v) is 9.46. The molecule has 10 rings (SSSR count). The van der Waals surface area contributed by atoms with Crippen molar-refractivity contribution >= 4 is 38.9 Å². The van der Waals surface area contributed by atoms with Crippen LogP contribution in [0.25, 0.3) is 38.6 Å². The highest BCUT2D eigenvalue weighted by atomic mass is 19.1. The van der Waals surface area contributed by atoms with Gasteiger partial charge in [0.25, 0.3) is 0 Å². The summed E-state index contributed by atoms with van der Waals surface area (Å²) in [5, 5.41) is 2.54. The van der Waals surface area contributed by atoms with Crippen LogP contribution in [0.15, 0.2) is 115 Å². The van der Waals surface area contributed by atoms with E-state index in [0.717, 1.165) is 17.1 Å². The van der Waals surface area contributed by atoms with Gasteiger partial charge in [0.15, 0.2) is 0 Å². The Labute approximate surface area is 281 Å². The van der Waals surface area contributed by atoms with Crippen LogP contribution in [0, 0.1) is 5.82 Å². The number of benzene rings is 6. The van der Waals surface area contributed by atoms with Gasteiger partial charge in [0.2, 0.25) is 0 Å². The van der Waals surface area contributed by atoms with E-state index in [-0.39, 0.29) is 22.1 Å². The standard InChI is InChI=1S/C45H37FN2/c1-43(2)34-13-8-7-11-30(34)31-22-21-28(24-38(31)43)47(27-19-17-26(46)18-20-27)29-23-33-32-12-9-14-35-40(32)48-41(33)39(25-29)45(5,6)37-16-10-15-36(42(37)48)44(35,3)4/h7-25H,1-6H3. The van der Waals surface area contributed by atoms with Crippen molar-refractivity contribution in [3.05, 3.63) is 154 Å². The first kappa shape index (κ1) is 27.9. The summed E-state index contributed by atoms with van der Waals surface area (Å²) in [6.45, 7) is 14.1. The average molecular weight is 625 g/mol. The van der Waals surface area contributed by atoms with Crippen molar-refractivity contribution in [1.29, 1.82) is 0 Å². The van der Waals surface area contributed by atoms with Crippen molar-refractivity contribution < 1.29 is 4.39 Å². The first-order chi connectivity index (χ1) is 23.0. The molecule has 0 spiro atoms. The first-order valence-corrected chi connectivity index (χ1v) is 17.1. The molecule has 2 aliphatic heterocycles. The van der Waals surface area contributed by atoms with E-state index in [9.17, 15) is 4.39 Å². The topological polar surface area (TPSA) is 8.17 Å². The van der Waals surface area contributed by atoms with Crippen molar-refractivity contribution in [2.75, 3.05) is 4.90 Å². The van der Waals surface area contributed by atoms with E-state index in [1.807, 2.05) is 12.1 Å². The van der Waals surface area contributed by atoms with Crippen LogP contribution in [0.5, 0.6) is 0 Å². The normalized spacial score (nSPS) is 16.7. The van der Waals surface area contributed by atoms with E-state index in [1.54, 1.807) is 12.1 Å². The molecular formula is C45H37FN2. The predicted molar refractivity (Wildman–Crippen MR) is 197 cm³/mol. The zero-order chi connectivity index (χ0) is 32.9. The van der Waals surface area contributed by atoms with Crippen molar-refractivity contribution in [2.24, 2.45) is 0 Å². The Bertz CT molecular complexity index is 2540. The Morgan fingerprint density at radius 1 is 0.458 bits per heavy atom. The van der Waals surface area contributed by atoms with Crippen LogP contribution >= 0.6 is 0 Å². The number of fused-ring (bicyclic) bond motifs is 4. The molecule has 0 fully saturated rings. The molecule has 3 heterocycles. The SMILES string of the molecule is CC1(C)c2ccccc2-c2ccc(N(c3ccc(F)cc3)c3cc4c5c(c3)c3cccc6c3n5-c3c(cccc3C4(C)C)C6(C)C)cc21. The maximum absolute atomic E-state index is 14.4. The molecule has 2 nitrogen and oxygen atoms in total. The number of aromatic nitrogens is 1. The van der Waals surface area contributed by atoms with Gasteiger partial charge in [-0.2, -0.15) is 0 Å². The summed E-state index contributed by atoms with van der Waals surface area (Å²) >= 11 is 0. The largest absolute Gasteiger partial charge is 0.310 e. The lowest BCUT2D eigenvalue weighted by atomic mass is 9.68. The van der Waals surface area contributed by atoms with Crippen LogP contribution < -0.4 is 4.90 Å². The van der Waals surface area contributed by atoms with Crippen LogP contribution in [0.2, 0.25) is 0 Å². The third kappa shape index (κ3) is 3.27. The summed E-state index contributed by atoms with van der Waals surface area (Å²) in [7, 11) is 0. The molecular weight excluding hydrogens is 588 g/mol. The molecule has 48 heavy (non-hydrogen) atoms. The third-order valence-electron chi connectivity index (χ3n) is 12.0. The number of para-hydroxylation sites is 2. The van der Waals surface area contributed by atoms with Gasteiger partial charge in [0.05, 0.1) is 16.7 Å². The molecule has 7 aromatic rings. The number of nitrogens with zero attached hydrogens (tertiary/aromatic N) is 2. The Morgan fingerprint density at radius 3 is 1.79 bits per heavy atom. The molecule has 234 valence electrons. The molecule has 1 aliphatic carbocycles. The van der Waals surface area contributed by atoms with E-state index >= 15 is 0 Å². The van der Waals surface area contributed by atoms with E-state index < -0.39 is 0 Å². The molecule has 0 N–H and O–H groups in total. The quantitative estimate of drug-likeness (QED) is 0.190. The van der Waals surface area contributed by atoms with Gasteiger partial charge in [0.1, 0.15) is 5.82 Å². The second kappa shape index (κ2) is 8.85. The lowest BCUT2D eigenvalue weighted by Crippen LogP contribution is -2.33. The van der Waals surface area contributed by atoms with E-state index in [2.05, 4.69) is 142 Å². The Hall–Kier alpha value is -5.15. The van der Waals surface area contributed by atoms with Crippen LogP contribution in [0.1, 0.15) is 74.9 Å². The maximum atomic E-state index is 14.4. The van der Waals surface area contributed by atoms with Gasteiger partial charge in [-0.05, 0) is 93.0 Å². The summed E-state index contributed by atoms with van der Waals surface area (Å²) in [6.07, 6.45) is 0. The van der Waals surface area contributed by atoms with E-state index in [0.29, 0.717) is 0 Å². The minimum absolute atomic E-state index is 0.124. The highest BCUT2D eigenvalue weighted by Gasteiger charge is 2.44. The summed E-state index contributed by atoms with van der Waals surface area (Å²) in [5.41, 5.74) is 17.2. The molecule has 0 saturated carbocycles. The van der Waals surface area contributed by atoms with Crippen LogP contribution in [0.4, 0.5) is 21.5 Å². The summed E-state index contributed by atoms with van der Waals surface area (Å²) in [4.78, 5) is 2.33. The first-order valence-electron chi connectivity index (χ1n) is 17.1. The van der Waals surface area contributed by atoms with Gasteiger partial charge in [0, 0.05) is 44.1 Å². The Morgan fingerprint density at radius 2 is 1.02 bits per heavy atom. The lowest BCUT2D eigenvalue weighted by molar-refractivity contribution is 0.593. The van der Waals surface area contributed by atoms with Gasteiger partial charge < -0.3 is 9.47 Å². The van der Waals surface area contributed by atoms with Crippen LogP contribution in [0.3, 0.4) is 0 Å². The van der Waals surface area contributed by atoms with Crippen molar-refractivity contribution in [1.82, 2.24) is 4.57 Å². The monoisotopic (exact) mass is 624 g/mol. The van der Waals surface area contributed by atoms with Crippen LogP contribution in [-0.2, 0) is 16.2 Å². The molecule has 3 heteroatoms. The van der Waals surface area contributed by atoms with Gasteiger partial charge in [-0.3, -0.25) is 0 Å². The molecule has 0 radical (unpaired) electrons. The maximum Gasteiger partial charge on any atom is 0.123 e. The smallest absolute Gasteiger partial charge is 0.123 e. The van der Waals surface area contributed by atoms with Crippen molar-refractivity contribution in [3.8, 4) is 16.8 Å². The lowest BCUT2D eigenvalue weighted by Gasteiger charge is -2.42. The molecule has 6 aromatic carbocycles. The number of hydrogen-bond acceptors (Lipinski definition) is 1. The molecule has 0 atom stereocenters. The van der Waals surface area contributed by atoms with Crippen molar-refractivity contribution in [3.63, 3.8) is 0 Å². The van der Waals surface area contributed by atoms with E-state index in [1.165, 1.54) is 72.0 Å². The summed E-state index contributed by atoms with van der Waals surface area (Å²) in [5.74, 6) is -0.236. The highest BCUT2D eigenvalue weighted by molar-refractivity contribution is 6.15. The van der Waals surface area contributed by atoms with Gasteiger partial charge >= 0.3 is 0 Å². The number of halogens is 1. The summed E-state index contributed by atoms with van der Waals surface area (Å²) in [6, 6.07) is 41.1. The second-order valence-corrected chi connectivity index (χ2v) is 15.6. The van der Waals surface area contributed by atoms with E-state index in [4.69, 9.17) is 0 Å². The average Bonchev–Trinajstić information content (AvgIpc) is 3.53. The van der Waals surface area contributed by atoms with Gasteiger partial charge in [-0.1, -0.05) is 108 Å². The molecule has 0 unspecified atom stereocenters. The molecule has 0 bridgehead atoms. The van der Waals surface area contributed by atoms with Gasteiger partial charge in [-0.25, -0.2) is 4.39 Å². The molecule has 0 amide bonds. The number of anilines is 3. The fraction of sp³-hybridized carbons (Fsp3) is 0.200. The van der Waals surface area contributed by atoms with Gasteiger partial charge in [-0.15, -0.1) is 0 Å². The minimum atomic E-state index is -0.242. The third-order valence-corrected chi connectivity index (χ3v) is 12.0. The second-order valence-electron chi connectivity index (χ2n) is 15.6. The number of hydrogen-bond donors (Lipinski definition) is 0. The zero-order valence-corrected chi connectivity index (χ0v) is 28.2. The molecule has 1 aromatic heterocycles.